The van der Waals surface area contributed by atoms with Gasteiger partial charge in [-0.25, -0.2) is 9.89 Å². The van der Waals surface area contributed by atoms with E-state index in [-0.39, 0.29) is 11.9 Å². The number of amides is 1. The second kappa shape index (κ2) is 4.39. The molecule has 3 heterocycles. The number of hydrogen-bond acceptors (Lipinski definition) is 4. The first-order valence-electron chi connectivity index (χ1n) is 5.65. The Labute approximate surface area is 111 Å². The van der Waals surface area contributed by atoms with Crippen molar-refractivity contribution < 1.29 is 4.79 Å². The maximum atomic E-state index is 12.0. The number of aromatic nitrogens is 4. The fourth-order valence-electron chi connectivity index (χ4n) is 1.80. The molecule has 3 aromatic heterocycles. The lowest BCUT2D eigenvalue weighted by Gasteiger charge is -2.09. The molecule has 19 heavy (non-hydrogen) atoms. The van der Waals surface area contributed by atoms with Crippen molar-refractivity contribution in [3.63, 3.8) is 0 Å². The molecule has 4 N–H and O–H groups in total. The molecule has 3 aromatic rings. The Morgan fingerprint density at radius 2 is 2.32 bits per heavy atom. The lowest BCUT2D eigenvalue weighted by molar-refractivity contribution is 0.0934. The molecule has 0 aliphatic heterocycles. The molecule has 8 heteroatoms. The quantitative estimate of drug-likeness (QED) is 0.576. The van der Waals surface area contributed by atoms with E-state index in [9.17, 15) is 9.59 Å². The number of carbonyl (C=O) groups excluding carboxylic acids is 1. The highest BCUT2D eigenvalue weighted by Gasteiger charge is 2.16. The van der Waals surface area contributed by atoms with Gasteiger partial charge in [0.15, 0.2) is 5.82 Å². The molecule has 0 saturated heterocycles. The molecule has 1 amide bonds. The van der Waals surface area contributed by atoms with Crippen LogP contribution in [0.3, 0.4) is 0 Å². The summed E-state index contributed by atoms with van der Waals surface area (Å²) in [6, 6.07) is 3.34. The first kappa shape index (κ1) is 11.7. The Kier molecular flexibility index (Phi) is 2.71. The summed E-state index contributed by atoms with van der Waals surface area (Å²) in [5.41, 5.74) is 1.04. The molecule has 0 aliphatic rings. The summed E-state index contributed by atoms with van der Waals surface area (Å²) in [4.78, 5) is 28.5. The van der Waals surface area contributed by atoms with Crippen LogP contribution in [0.25, 0.3) is 10.2 Å². The molecule has 0 unspecified atom stereocenters. The first-order valence-corrected chi connectivity index (χ1v) is 6.53. The van der Waals surface area contributed by atoms with Gasteiger partial charge in [0.2, 0.25) is 0 Å². The SMILES string of the molecule is C[C@H](NC(=O)c1cc2sccc2[nH]1)c1n[nH]c(=O)[nH]1. The predicted octanol–water partition coefficient (Wildman–Crippen LogP) is 1.13. The van der Waals surface area contributed by atoms with Crippen LogP contribution in [0.1, 0.15) is 29.3 Å². The molecule has 0 bridgehead atoms. The van der Waals surface area contributed by atoms with Gasteiger partial charge >= 0.3 is 5.69 Å². The van der Waals surface area contributed by atoms with Gasteiger partial charge < -0.3 is 10.3 Å². The monoisotopic (exact) mass is 277 g/mol. The molecule has 0 spiro atoms. The van der Waals surface area contributed by atoms with Gasteiger partial charge in [-0.3, -0.25) is 9.78 Å². The van der Waals surface area contributed by atoms with Crippen LogP contribution in [0.5, 0.6) is 0 Å². The normalized spacial score (nSPS) is 12.7. The molecule has 1 atom stereocenters. The number of carbonyl (C=O) groups is 1. The van der Waals surface area contributed by atoms with Crippen molar-refractivity contribution in [2.75, 3.05) is 0 Å². The second-order valence-corrected chi connectivity index (χ2v) is 5.09. The van der Waals surface area contributed by atoms with E-state index < -0.39 is 5.69 Å². The minimum absolute atomic E-state index is 0.236. The van der Waals surface area contributed by atoms with Gasteiger partial charge in [-0.15, -0.1) is 11.3 Å². The van der Waals surface area contributed by atoms with Gasteiger partial charge in [-0.1, -0.05) is 0 Å². The standard InChI is InChI=1S/C11H11N5O2S/c1-5(9-14-11(18)16-15-9)12-10(17)7-4-8-6(13-7)2-3-19-8/h2-5,13H,1H3,(H,12,17)(H2,14,15,16,18)/t5-/m0/s1. The van der Waals surface area contributed by atoms with Gasteiger partial charge in [0, 0.05) is 0 Å². The van der Waals surface area contributed by atoms with Crippen LogP contribution in [0, 0.1) is 0 Å². The summed E-state index contributed by atoms with van der Waals surface area (Å²) in [5.74, 6) is 0.159. The molecule has 7 nitrogen and oxygen atoms in total. The highest BCUT2D eigenvalue weighted by molar-refractivity contribution is 7.17. The van der Waals surface area contributed by atoms with Crippen LogP contribution < -0.4 is 11.0 Å². The molecular formula is C11H11N5O2S. The van der Waals surface area contributed by atoms with Crippen molar-refractivity contribution in [3.8, 4) is 0 Å². The van der Waals surface area contributed by atoms with E-state index in [1.807, 2.05) is 11.4 Å². The van der Waals surface area contributed by atoms with E-state index in [0.29, 0.717) is 11.5 Å². The van der Waals surface area contributed by atoms with Crippen molar-refractivity contribution in [2.24, 2.45) is 0 Å². The molecule has 0 aromatic carbocycles. The van der Waals surface area contributed by atoms with Crippen LogP contribution in [0.2, 0.25) is 0 Å². The third-order valence-corrected chi connectivity index (χ3v) is 3.63. The van der Waals surface area contributed by atoms with Gasteiger partial charge in [0.1, 0.15) is 5.69 Å². The number of aromatic amines is 3. The maximum absolute atomic E-state index is 12.0. The zero-order chi connectivity index (χ0) is 13.4. The molecule has 3 rings (SSSR count). The van der Waals surface area contributed by atoms with Gasteiger partial charge in [-0.05, 0) is 24.4 Å². The summed E-state index contributed by atoms with van der Waals surface area (Å²) in [5, 5.41) is 10.8. The summed E-state index contributed by atoms with van der Waals surface area (Å²) in [6.45, 7) is 1.75. The lowest BCUT2D eigenvalue weighted by atomic mass is 10.3. The number of nitrogens with zero attached hydrogens (tertiary/aromatic N) is 1. The largest absolute Gasteiger partial charge is 0.350 e. The Balaban J connectivity index is 1.77. The number of thiophene rings is 1. The molecule has 0 radical (unpaired) electrons. The Morgan fingerprint density at radius 1 is 1.47 bits per heavy atom. The van der Waals surface area contributed by atoms with E-state index >= 15 is 0 Å². The predicted molar refractivity (Wildman–Crippen MR) is 71.3 cm³/mol. The smallest absolute Gasteiger partial charge is 0.340 e. The van der Waals surface area contributed by atoms with Gasteiger partial charge in [0.25, 0.3) is 5.91 Å². The zero-order valence-electron chi connectivity index (χ0n) is 9.98. The average molecular weight is 277 g/mol. The fourth-order valence-corrected chi connectivity index (χ4v) is 2.58. The summed E-state index contributed by atoms with van der Waals surface area (Å²) < 4.78 is 1.03. The summed E-state index contributed by atoms with van der Waals surface area (Å²) in [7, 11) is 0. The maximum Gasteiger partial charge on any atom is 0.340 e. The average Bonchev–Trinajstić information content (AvgIpc) is 3.02. The number of nitrogens with one attached hydrogen (secondary N) is 4. The highest BCUT2D eigenvalue weighted by atomic mass is 32.1. The molecular weight excluding hydrogens is 266 g/mol. The Morgan fingerprint density at radius 3 is 3.00 bits per heavy atom. The third kappa shape index (κ3) is 2.17. The molecule has 0 saturated carbocycles. The number of H-pyrrole nitrogens is 3. The Hall–Kier alpha value is -2.35. The molecule has 98 valence electrons. The zero-order valence-corrected chi connectivity index (χ0v) is 10.8. The summed E-state index contributed by atoms with van der Waals surface area (Å²) in [6.07, 6.45) is 0. The van der Waals surface area contributed by atoms with Crippen molar-refractivity contribution in [2.45, 2.75) is 13.0 Å². The van der Waals surface area contributed by atoms with Crippen molar-refractivity contribution >= 4 is 27.5 Å². The van der Waals surface area contributed by atoms with Crippen LogP contribution in [-0.4, -0.2) is 26.1 Å². The van der Waals surface area contributed by atoms with Crippen LogP contribution in [0.15, 0.2) is 22.3 Å². The topological polar surface area (TPSA) is 106 Å². The van der Waals surface area contributed by atoms with Crippen LogP contribution in [0.4, 0.5) is 0 Å². The third-order valence-electron chi connectivity index (χ3n) is 2.76. The Bertz CT molecular complexity index is 752. The second-order valence-electron chi connectivity index (χ2n) is 4.14. The van der Waals surface area contributed by atoms with E-state index in [2.05, 4.69) is 25.5 Å². The van der Waals surface area contributed by atoms with Crippen molar-refractivity contribution in [1.29, 1.82) is 0 Å². The van der Waals surface area contributed by atoms with Gasteiger partial charge in [-0.2, -0.15) is 5.10 Å². The number of hydrogen-bond donors (Lipinski definition) is 4. The highest BCUT2D eigenvalue weighted by Crippen LogP contribution is 2.21. The van der Waals surface area contributed by atoms with Crippen molar-refractivity contribution in [1.82, 2.24) is 25.5 Å². The van der Waals surface area contributed by atoms with E-state index in [1.165, 1.54) is 0 Å². The molecule has 0 aliphatic carbocycles. The summed E-state index contributed by atoms with van der Waals surface area (Å²) >= 11 is 1.57. The van der Waals surface area contributed by atoms with E-state index in [1.54, 1.807) is 24.3 Å². The first-order chi connectivity index (χ1) is 9.13. The minimum Gasteiger partial charge on any atom is -0.350 e. The van der Waals surface area contributed by atoms with Crippen molar-refractivity contribution in [3.05, 3.63) is 39.5 Å². The van der Waals surface area contributed by atoms with E-state index in [0.717, 1.165) is 10.2 Å². The van der Waals surface area contributed by atoms with Crippen LogP contribution >= 0.6 is 11.3 Å². The minimum atomic E-state index is -0.392. The lowest BCUT2D eigenvalue weighted by Crippen LogP contribution is -2.27. The van der Waals surface area contributed by atoms with Gasteiger partial charge in [0.05, 0.1) is 16.3 Å². The fraction of sp³-hybridized carbons (Fsp3) is 0.182. The van der Waals surface area contributed by atoms with Crippen LogP contribution in [-0.2, 0) is 0 Å². The molecule has 0 fully saturated rings. The number of fused-ring (bicyclic) bond motifs is 1. The van der Waals surface area contributed by atoms with E-state index in [4.69, 9.17) is 0 Å². The number of rotatable bonds is 3.